The molecule has 0 spiro atoms. The maximum atomic E-state index is 13.6. The van der Waals surface area contributed by atoms with Gasteiger partial charge in [0.1, 0.15) is 5.82 Å². The van der Waals surface area contributed by atoms with E-state index in [9.17, 15) is 9.18 Å². The second-order valence-corrected chi connectivity index (χ2v) is 5.53. The molecule has 0 aliphatic rings. The Morgan fingerprint density at radius 2 is 1.58 bits per heavy atom. The Labute approximate surface area is 144 Å². The molecule has 0 saturated carbocycles. The Balaban J connectivity index is 1.81. The summed E-state index contributed by atoms with van der Waals surface area (Å²) in [5.74, 6) is -0.900. The maximum Gasteiger partial charge on any atom is 0.271 e. The van der Waals surface area contributed by atoms with Gasteiger partial charge in [0.15, 0.2) is 0 Å². The minimum atomic E-state index is -0.457. The first-order chi connectivity index (χ1) is 11.6. The third kappa shape index (κ3) is 3.55. The molecule has 2 N–H and O–H groups in total. The number of para-hydroxylation sites is 1. The van der Waals surface area contributed by atoms with Crippen molar-refractivity contribution < 1.29 is 9.18 Å². The lowest BCUT2D eigenvalue weighted by Crippen LogP contribution is -2.30. The van der Waals surface area contributed by atoms with Crippen molar-refractivity contribution in [3.8, 4) is 11.1 Å². The van der Waals surface area contributed by atoms with E-state index in [1.54, 1.807) is 24.3 Å². The molecule has 0 fully saturated rings. The minimum absolute atomic E-state index is 0.182. The van der Waals surface area contributed by atoms with Gasteiger partial charge in [0.25, 0.3) is 5.91 Å². The summed E-state index contributed by atoms with van der Waals surface area (Å²) in [6, 6.07) is 20.9. The van der Waals surface area contributed by atoms with E-state index >= 15 is 0 Å². The number of carbonyl (C=O) groups excluding carboxylic acids is 1. The van der Waals surface area contributed by atoms with E-state index in [0.717, 1.165) is 11.1 Å². The molecule has 3 nitrogen and oxygen atoms in total. The number of anilines is 1. The summed E-state index contributed by atoms with van der Waals surface area (Å²) >= 11 is 6.13. The van der Waals surface area contributed by atoms with Gasteiger partial charge in [0.2, 0.25) is 0 Å². The van der Waals surface area contributed by atoms with E-state index in [1.165, 1.54) is 12.1 Å². The molecule has 3 aromatic rings. The Morgan fingerprint density at radius 1 is 0.875 bits per heavy atom. The number of hydrogen-bond donors (Lipinski definition) is 2. The number of hydrogen-bond acceptors (Lipinski definition) is 2. The number of amides is 1. The van der Waals surface area contributed by atoms with Gasteiger partial charge in [0, 0.05) is 0 Å². The molecule has 0 heterocycles. The highest BCUT2D eigenvalue weighted by Crippen LogP contribution is 2.25. The number of carbonyl (C=O) groups is 1. The molecule has 0 bridgehead atoms. The van der Waals surface area contributed by atoms with Gasteiger partial charge in [-0.25, -0.2) is 4.39 Å². The van der Waals surface area contributed by atoms with Crippen LogP contribution in [0.1, 0.15) is 10.4 Å². The van der Waals surface area contributed by atoms with Crippen molar-refractivity contribution in [1.29, 1.82) is 0 Å². The first kappa shape index (κ1) is 16.0. The molecule has 0 atom stereocenters. The fourth-order valence-corrected chi connectivity index (χ4v) is 2.47. The largest absolute Gasteiger partial charge is 0.295 e. The summed E-state index contributed by atoms with van der Waals surface area (Å²) in [6.45, 7) is 0. The fraction of sp³-hybridized carbons (Fsp3) is 0. The molecule has 0 aliphatic carbocycles. The molecule has 0 aromatic heterocycles. The number of halogens is 2. The second kappa shape index (κ2) is 7.15. The maximum absolute atomic E-state index is 13.6. The van der Waals surface area contributed by atoms with Crippen LogP contribution >= 0.6 is 11.6 Å². The van der Waals surface area contributed by atoms with Gasteiger partial charge in [-0.15, -0.1) is 0 Å². The quantitative estimate of drug-likeness (QED) is 0.663. The normalized spacial score (nSPS) is 10.2. The predicted molar refractivity (Wildman–Crippen MR) is 94.4 cm³/mol. The van der Waals surface area contributed by atoms with Crippen LogP contribution in [0.15, 0.2) is 72.8 Å². The van der Waals surface area contributed by atoms with Gasteiger partial charge in [-0.3, -0.25) is 15.6 Å². The smallest absolute Gasteiger partial charge is 0.271 e. The highest BCUT2D eigenvalue weighted by atomic mass is 35.5. The molecule has 5 heteroatoms. The van der Waals surface area contributed by atoms with Crippen LogP contribution in [0.5, 0.6) is 0 Å². The van der Waals surface area contributed by atoms with Crippen LogP contribution in [0.2, 0.25) is 5.02 Å². The van der Waals surface area contributed by atoms with Crippen molar-refractivity contribution in [1.82, 2.24) is 5.43 Å². The SMILES string of the molecule is O=C(NNc1ccccc1F)c1cc(-c2ccccc2)ccc1Cl. The van der Waals surface area contributed by atoms with E-state index in [4.69, 9.17) is 11.6 Å². The Kier molecular flexibility index (Phi) is 4.77. The van der Waals surface area contributed by atoms with E-state index in [-0.39, 0.29) is 5.69 Å². The van der Waals surface area contributed by atoms with Gasteiger partial charge in [0.05, 0.1) is 16.3 Å². The summed E-state index contributed by atoms with van der Waals surface area (Å²) in [6.07, 6.45) is 0. The standard InChI is InChI=1S/C19H14ClFN2O/c20-16-11-10-14(13-6-2-1-3-7-13)12-15(16)19(24)23-22-18-9-5-4-8-17(18)21/h1-12,22H,(H,23,24). The van der Waals surface area contributed by atoms with Gasteiger partial charge < -0.3 is 0 Å². The average molecular weight is 341 g/mol. The third-order valence-electron chi connectivity index (χ3n) is 3.50. The van der Waals surface area contributed by atoms with Crippen molar-refractivity contribution in [2.45, 2.75) is 0 Å². The van der Waals surface area contributed by atoms with Gasteiger partial charge >= 0.3 is 0 Å². The summed E-state index contributed by atoms with van der Waals surface area (Å²) in [5.41, 5.74) is 7.36. The summed E-state index contributed by atoms with van der Waals surface area (Å²) in [4.78, 5) is 12.4. The van der Waals surface area contributed by atoms with Crippen LogP contribution in [0.25, 0.3) is 11.1 Å². The lowest BCUT2D eigenvalue weighted by atomic mass is 10.0. The molecule has 3 rings (SSSR count). The van der Waals surface area contributed by atoms with Crippen LogP contribution in [-0.2, 0) is 0 Å². The highest BCUT2D eigenvalue weighted by molar-refractivity contribution is 6.34. The van der Waals surface area contributed by atoms with E-state index in [0.29, 0.717) is 10.6 Å². The highest BCUT2D eigenvalue weighted by Gasteiger charge is 2.12. The van der Waals surface area contributed by atoms with Gasteiger partial charge in [-0.1, -0.05) is 60.1 Å². The first-order valence-corrected chi connectivity index (χ1v) is 7.69. The molecule has 0 saturated heterocycles. The molecule has 1 amide bonds. The van der Waals surface area contributed by atoms with E-state index < -0.39 is 11.7 Å². The molecule has 3 aromatic carbocycles. The molecule has 0 unspecified atom stereocenters. The molecular formula is C19H14ClFN2O. The Morgan fingerprint density at radius 3 is 2.33 bits per heavy atom. The monoisotopic (exact) mass is 340 g/mol. The van der Waals surface area contributed by atoms with Crippen molar-refractivity contribution in [3.05, 3.63) is 89.2 Å². The summed E-state index contributed by atoms with van der Waals surface area (Å²) in [5, 5.41) is 0.322. The van der Waals surface area contributed by atoms with E-state index in [1.807, 2.05) is 36.4 Å². The lowest BCUT2D eigenvalue weighted by molar-refractivity contribution is 0.0963. The zero-order valence-corrected chi connectivity index (χ0v) is 13.3. The Bertz CT molecular complexity index is 868. The van der Waals surface area contributed by atoms with Crippen molar-refractivity contribution in [3.63, 3.8) is 0 Å². The zero-order chi connectivity index (χ0) is 16.9. The van der Waals surface area contributed by atoms with Crippen LogP contribution in [0.4, 0.5) is 10.1 Å². The van der Waals surface area contributed by atoms with Crippen molar-refractivity contribution in [2.75, 3.05) is 5.43 Å². The van der Waals surface area contributed by atoms with Crippen LogP contribution < -0.4 is 10.9 Å². The summed E-state index contributed by atoms with van der Waals surface area (Å²) < 4.78 is 13.6. The van der Waals surface area contributed by atoms with Gasteiger partial charge in [-0.2, -0.15) is 0 Å². The Hall–Kier alpha value is -2.85. The third-order valence-corrected chi connectivity index (χ3v) is 3.83. The van der Waals surface area contributed by atoms with Crippen molar-refractivity contribution in [2.24, 2.45) is 0 Å². The average Bonchev–Trinajstić information content (AvgIpc) is 2.62. The minimum Gasteiger partial charge on any atom is -0.295 e. The number of nitrogens with one attached hydrogen (secondary N) is 2. The molecule has 0 aliphatic heterocycles. The molecule has 120 valence electrons. The van der Waals surface area contributed by atoms with Crippen LogP contribution in [0, 0.1) is 5.82 Å². The molecule has 0 radical (unpaired) electrons. The predicted octanol–water partition coefficient (Wildman–Crippen LogP) is 4.90. The van der Waals surface area contributed by atoms with Gasteiger partial charge in [-0.05, 0) is 35.4 Å². The zero-order valence-electron chi connectivity index (χ0n) is 12.6. The number of rotatable bonds is 4. The second-order valence-electron chi connectivity index (χ2n) is 5.12. The topological polar surface area (TPSA) is 41.1 Å². The lowest BCUT2D eigenvalue weighted by Gasteiger charge is -2.11. The van der Waals surface area contributed by atoms with Crippen molar-refractivity contribution >= 4 is 23.2 Å². The summed E-state index contributed by atoms with van der Waals surface area (Å²) in [7, 11) is 0. The number of hydrazine groups is 1. The van der Waals surface area contributed by atoms with Crippen LogP contribution in [-0.4, -0.2) is 5.91 Å². The first-order valence-electron chi connectivity index (χ1n) is 7.31. The fourth-order valence-electron chi connectivity index (χ4n) is 2.26. The van der Waals surface area contributed by atoms with Crippen LogP contribution in [0.3, 0.4) is 0 Å². The molecule has 24 heavy (non-hydrogen) atoms. The number of benzene rings is 3. The molecular weight excluding hydrogens is 327 g/mol. The van der Waals surface area contributed by atoms with E-state index in [2.05, 4.69) is 10.9 Å².